The van der Waals surface area contributed by atoms with Crippen LogP contribution < -0.4 is 56.3 Å². The second-order valence-corrected chi connectivity index (χ2v) is 2.57. The Morgan fingerprint density at radius 1 is 1.17 bits per heavy atom. The Balaban J connectivity index is 0.00000121. The molecule has 0 saturated carbocycles. The summed E-state index contributed by atoms with van der Waals surface area (Å²) in [6.45, 7) is 0. The Morgan fingerprint density at radius 2 is 1.67 bits per heavy atom. The molecule has 0 aliphatic heterocycles. The van der Waals surface area contributed by atoms with Gasteiger partial charge in [0, 0.05) is 19.8 Å². The van der Waals surface area contributed by atoms with Gasteiger partial charge >= 0.3 is 51.4 Å². The van der Waals surface area contributed by atoms with Gasteiger partial charge in [-0.3, -0.25) is 5.92 Å². The van der Waals surface area contributed by atoms with Gasteiger partial charge in [0.2, 0.25) is 0 Å². The van der Waals surface area contributed by atoms with Gasteiger partial charge in [-0.1, -0.05) is 12.1 Å². The normalized spacial score (nSPS) is 8.08. The van der Waals surface area contributed by atoms with Crippen molar-refractivity contribution in [2.75, 3.05) is 19.0 Å². The molecule has 1 nitrogen and oxygen atoms in total. The van der Waals surface area contributed by atoms with E-state index in [4.69, 9.17) is 6.42 Å². The molecular formula is C10H10KN. The molecule has 1 rings (SSSR count). The topological polar surface area (TPSA) is 3.24 Å². The molecule has 2 heteroatoms. The van der Waals surface area contributed by atoms with Crippen LogP contribution in [0, 0.1) is 12.3 Å². The Morgan fingerprint density at radius 3 is 2.00 bits per heavy atom. The van der Waals surface area contributed by atoms with E-state index in [9.17, 15) is 0 Å². The first kappa shape index (κ1) is 12.2. The van der Waals surface area contributed by atoms with Gasteiger partial charge in [-0.2, -0.15) is 0 Å². The number of benzene rings is 1. The van der Waals surface area contributed by atoms with E-state index in [0.717, 1.165) is 11.3 Å². The summed E-state index contributed by atoms with van der Waals surface area (Å²) in [6.07, 6.45) is 6.86. The van der Waals surface area contributed by atoms with Crippen LogP contribution in [0.3, 0.4) is 0 Å². The molecule has 12 heavy (non-hydrogen) atoms. The first-order valence-electron chi connectivity index (χ1n) is 3.44. The molecule has 56 valence electrons. The predicted octanol–water partition coefficient (Wildman–Crippen LogP) is -1.31. The van der Waals surface area contributed by atoms with Crippen molar-refractivity contribution in [1.82, 2.24) is 0 Å². The minimum Gasteiger partial charge on any atom is -0.378 e. The molecule has 0 spiro atoms. The maximum Gasteiger partial charge on any atom is 1.00 e. The first-order chi connectivity index (χ1) is 5.24. The fraction of sp³-hybridized carbons (Fsp3) is 0.200. The Bertz CT molecular complexity index is 269. The van der Waals surface area contributed by atoms with E-state index in [1.54, 1.807) is 0 Å². The zero-order valence-electron chi connectivity index (χ0n) is 7.76. The van der Waals surface area contributed by atoms with Crippen LogP contribution in [-0.2, 0) is 0 Å². The third-order valence-corrected chi connectivity index (χ3v) is 1.53. The molecule has 0 fully saturated rings. The minimum absolute atomic E-state index is 0. The number of rotatable bonds is 1. The molecular weight excluding hydrogens is 173 g/mol. The number of anilines is 1. The number of nitrogens with zero attached hydrogens (tertiary/aromatic N) is 1. The number of hydrogen-bond acceptors (Lipinski definition) is 1. The summed E-state index contributed by atoms with van der Waals surface area (Å²) in [5.41, 5.74) is 1.96. The van der Waals surface area contributed by atoms with Gasteiger partial charge in [0.15, 0.2) is 0 Å². The molecule has 0 unspecified atom stereocenters. The van der Waals surface area contributed by atoms with Crippen molar-refractivity contribution < 1.29 is 51.4 Å². The molecule has 0 N–H and O–H groups in total. The second-order valence-electron chi connectivity index (χ2n) is 2.57. The zero-order valence-corrected chi connectivity index (χ0v) is 10.9. The molecule has 0 bridgehead atoms. The van der Waals surface area contributed by atoms with E-state index < -0.39 is 0 Å². The predicted molar refractivity (Wildman–Crippen MR) is 47.0 cm³/mol. The van der Waals surface area contributed by atoms with E-state index in [1.165, 1.54) is 0 Å². The average molecular weight is 183 g/mol. The van der Waals surface area contributed by atoms with Gasteiger partial charge in [0.25, 0.3) is 0 Å². The molecule has 0 aliphatic rings. The van der Waals surface area contributed by atoms with Crippen LogP contribution in [-0.4, -0.2) is 14.1 Å². The van der Waals surface area contributed by atoms with Gasteiger partial charge < -0.3 is 11.3 Å². The van der Waals surface area contributed by atoms with Crippen LogP contribution >= 0.6 is 0 Å². The van der Waals surface area contributed by atoms with E-state index in [-0.39, 0.29) is 51.4 Å². The van der Waals surface area contributed by atoms with Crippen molar-refractivity contribution in [2.45, 2.75) is 0 Å². The monoisotopic (exact) mass is 183 g/mol. The maximum absolute atomic E-state index is 6.86. The van der Waals surface area contributed by atoms with Crippen molar-refractivity contribution in [1.29, 1.82) is 0 Å². The molecule has 1 aromatic rings. The van der Waals surface area contributed by atoms with E-state index in [0.29, 0.717) is 0 Å². The number of hydrogen-bond donors (Lipinski definition) is 0. The molecule has 1 aromatic carbocycles. The van der Waals surface area contributed by atoms with Crippen LogP contribution in [0.4, 0.5) is 5.69 Å². The summed E-state index contributed by atoms with van der Waals surface area (Å²) in [4.78, 5) is 2.02. The van der Waals surface area contributed by atoms with Crippen molar-refractivity contribution in [2.24, 2.45) is 0 Å². The van der Waals surface area contributed by atoms with Crippen molar-refractivity contribution >= 4 is 5.69 Å². The molecule has 0 atom stereocenters. The van der Waals surface area contributed by atoms with Crippen molar-refractivity contribution in [3.05, 3.63) is 36.3 Å². The van der Waals surface area contributed by atoms with E-state index in [2.05, 4.69) is 5.92 Å². The largest absolute Gasteiger partial charge is 1.00 e. The molecule has 0 saturated heterocycles. The van der Waals surface area contributed by atoms with Gasteiger partial charge in [-0.25, -0.2) is 0 Å². The molecule has 0 amide bonds. The Hall–Kier alpha value is 0.216. The third-order valence-electron chi connectivity index (χ3n) is 1.53. The quantitative estimate of drug-likeness (QED) is 0.297. The van der Waals surface area contributed by atoms with Gasteiger partial charge in [0.05, 0.1) is 0 Å². The molecule has 0 aliphatic carbocycles. The molecule has 0 aromatic heterocycles. The minimum atomic E-state index is 0. The third kappa shape index (κ3) is 3.30. The average Bonchev–Trinajstić information content (AvgIpc) is 2.05. The molecule has 0 radical (unpaired) electrons. The standard InChI is InChI=1S/C10H10N.K/c1-4-9-5-7-10(8-6-9)11(2)3;/h5-8H,2-3H3;/q-1;+1. The SMILES string of the molecule is [C-]#Cc1ccc(N(C)C)cc1.[K+]. The van der Waals surface area contributed by atoms with Crippen LogP contribution in [0.25, 0.3) is 0 Å². The summed E-state index contributed by atoms with van der Waals surface area (Å²) in [5, 5.41) is 0. The Kier molecular flexibility index (Phi) is 5.90. The van der Waals surface area contributed by atoms with Crippen LogP contribution in [0.15, 0.2) is 24.3 Å². The summed E-state index contributed by atoms with van der Waals surface area (Å²) in [7, 11) is 3.98. The maximum atomic E-state index is 6.86. The summed E-state index contributed by atoms with van der Waals surface area (Å²) < 4.78 is 0. The van der Waals surface area contributed by atoms with Gasteiger partial charge in [-0.15, -0.1) is 17.7 Å². The first-order valence-corrected chi connectivity index (χ1v) is 3.44. The second kappa shape index (κ2) is 5.79. The van der Waals surface area contributed by atoms with E-state index in [1.807, 2.05) is 43.3 Å². The zero-order chi connectivity index (χ0) is 8.27. The summed E-state index contributed by atoms with van der Waals surface area (Å²) >= 11 is 0. The van der Waals surface area contributed by atoms with Gasteiger partial charge in [-0.05, 0) is 0 Å². The van der Waals surface area contributed by atoms with E-state index >= 15 is 0 Å². The van der Waals surface area contributed by atoms with Gasteiger partial charge in [0.1, 0.15) is 0 Å². The smallest absolute Gasteiger partial charge is 0.378 e. The van der Waals surface area contributed by atoms with Crippen molar-refractivity contribution in [3.8, 4) is 5.92 Å². The van der Waals surface area contributed by atoms with Crippen LogP contribution in [0.2, 0.25) is 0 Å². The summed E-state index contributed by atoms with van der Waals surface area (Å²) in [5.74, 6) is 2.32. The fourth-order valence-electron chi connectivity index (χ4n) is 0.843. The summed E-state index contributed by atoms with van der Waals surface area (Å²) in [6, 6.07) is 7.69. The van der Waals surface area contributed by atoms with Crippen molar-refractivity contribution in [3.63, 3.8) is 0 Å². The fourth-order valence-corrected chi connectivity index (χ4v) is 0.843. The molecule has 0 heterocycles. The Labute approximate surface area is 117 Å². The van der Waals surface area contributed by atoms with Crippen LogP contribution in [0.1, 0.15) is 5.56 Å². The van der Waals surface area contributed by atoms with Crippen LogP contribution in [0.5, 0.6) is 0 Å².